The molecule has 2 aromatic heterocycles. The number of hydrogen-bond donors (Lipinski definition) is 1. The fourth-order valence-corrected chi connectivity index (χ4v) is 4.00. The van der Waals surface area contributed by atoms with Crippen molar-refractivity contribution in [3.8, 4) is 11.3 Å². The third-order valence-corrected chi connectivity index (χ3v) is 5.36. The van der Waals surface area contributed by atoms with E-state index in [0.29, 0.717) is 22.0 Å². The van der Waals surface area contributed by atoms with Crippen LogP contribution in [0.2, 0.25) is 5.02 Å². The Balaban J connectivity index is 1.91. The number of aryl methyl sites for hydroxylation is 1. The van der Waals surface area contributed by atoms with Gasteiger partial charge in [-0.25, -0.2) is 0 Å². The van der Waals surface area contributed by atoms with Crippen molar-refractivity contribution in [2.75, 3.05) is 0 Å². The molecule has 4 aromatic rings. The third-order valence-electron chi connectivity index (χ3n) is 5.12. The molecule has 0 fully saturated rings. The smallest absolute Gasteiger partial charge is 0.260 e. The molecule has 29 heavy (non-hydrogen) atoms. The summed E-state index contributed by atoms with van der Waals surface area (Å²) in [6, 6.07) is 15.5. The molecule has 0 amide bonds. The fraction of sp³-hybridized carbons (Fsp3) is 0.0833. The highest BCUT2D eigenvalue weighted by molar-refractivity contribution is 6.31. The zero-order chi connectivity index (χ0) is 20.0. The van der Waals surface area contributed by atoms with Gasteiger partial charge in [0, 0.05) is 27.6 Å². The van der Waals surface area contributed by atoms with Gasteiger partial charge in [0.1, 0.15) is 0 Å². The van der Waals surface area contributed by atoms with E-state index in [1.165, 1.54) is 5.22 Å². The molecular formula is C24H17ClN2O2. The second-order valence-corrected chi connectivity index (χ2v) is 7.54. The molecule has 2 heterocycles. The molecule has 1 aliphatic carbocycles. The van der Waals surface area contributed by atoms with Crippen molar-refractivity contribution in [3.63, 3.8) is 0 Å². The van der Waals surface area contributed by atoms with Gasteiger partial charge in [-0.05, 0) is 53.6 Å². The van der Waals surface area contributed by atoms with Gasteiger partial charge >= 0.3 is 0 Å². The van der Waals surface area contributed by atoms with Crippen LogP contribution in [0.1, 0.15) is 17.7 Å². The predicted molar refractivity (Wildman–Crippen MR) is 117 cm³/mol. The van der Waals surface area contributed by atoms with Gasteiger partial charge in [0.2, 0.25) is 0 Å². The summed E-state index contributed by atoms with van der Waals surface area (Å²) in [6.07, 6.45) is 7.18. The van der Waals surface area contributed by atoms with E-state index in [-0.39, 0.29) is 5.56 Å². The second-order valence-electron chi connectivity index (χ2n) is 7.10. The van der Waals surface area contributed by atoms with Crippen LogP contribution in [-0.2, 0) is 0 Å². The predicted octanol–water partition coefficient (Wildman–Crippen LogP) is 4.19. The summed E-state index contributed by atoms with van der Waals surface area (Å²) in [4.78, 5) is 16.1. The van der Waals surface area contributed by atoms with Gasteiger partial charge in [-0.1, -0.05) is 53.2 Å². The van der Waals surface area contributed by atoms with Crippen LogP contribution in [0.5, 0.6) is 0 Å². The molecule has 0 radical (unpaired) electrons. The van der Waals surface area contributed by atoms with Crippen molar-refractivity contribution in [3.05, 3.63) is 91.7 Å². The van der Waals surface area contributed by atoms with E-state index in [0.717, 1.165) is 33.7 Å². The quantitative estimate of drug-likeness (QED) is 0.548. The van der Waals surface area contributed by atoms with E-state index in [1.807, 2.05) is 31.2 Å². The van der Waals surface area contributed by atoms with Gasteiger partial charge in [0.05, 0.1) is 11.3 Å². The molecule has 0 saturated carbocycles. The van der Waals surface area contributed by atoms with Gasteiger partial charge in [-0.2, -0.15) is 0 Å². The Morgan fingerprint density at radius 1 is 1.03 bits per heavy atom. The summed E-state index contributed by atoms with van der Waals surface area (Å²) < 4.78 is 5.49. The number of rotatable bonds is 2. The average molecular weight is 401 g/mol. The third kappa shape index (κ3) is 3.12. The maximum Gasteiger partial charge on any atom is 0.260 e. The number of pyridine rings is 1. The molecule has 1 aliphatic rings. The zero-order valence-corrected chi connectivity index (χ0v) is 16.5. The Bertz CT molecular complexity index is 1480. The summed E-state index contributed by atoms with van der Waals surface area (Å²) in [5.74, 6) is 0.441. The van der Waals surface area contributed by atoms with E-state index in [1.54, 1.807) is 12.1 Å². The maximum absolute atomic E-state index is 13.1. The van der Waals surface area contributed by atoms with Crippen LogP contribution in [0.25, 0.3) is 40.0 Å². The first-order valence-electron chi connectivity index (χ1n) is 9.37. The molecule has 0 saturated heterocycles. The van der Waals surface area contributed by atoms with Crippen LogP contribution in [0, 0.1) is 6.92 Å². The lowest BCUT2D eigenvalue weighted by Gasteiger charge is -2.12. The van der Waals surface area contributed by atoms with Crippen LogP contribution >= 0.6 is 11.6 Å². The number of aromatic nitrogens is 2. The maximum atomic E-state index is 13.1. The summed E-state index contributed by atoms with van der Waals surface area (Å²) in [5, 5.41) is 7.72. The number of benzene rings is 2. The number of fused-ring (bicyclic) bond motifs is 2. The van der Waals surface area contributed by atoms with Gasteiger partial charge in [-0.3, -0.25) is 4.79 Å². The Morgan fingerprint density at radius 2 is 1.86 bits per heavy atom. The zero-order valence-electron chi connectivity index (χ0n) is 15.7. The lowest BCUT2D eigenvalue weighted by molar-refractivity contribution is 0.426. The summed E-state index contributed by atoms with van der Waals surface area (Å²) in [6.45, 7) is 1.83. The first kappa shape index (κ1) is 17.7. The highest BCUT2D eigenvalue weighted by atomic mass is 35.5. The van der Waals surface area contributed by atoms with Crippen molar-refractivity contribution in [1.82, 2.24) is 10.1 Å². The van der Waals surface area contributed by atoms with Crippen LogP contribution in [0.15, 0.2) is 63.9 Å². The molecule has 4 nitrogen and oxygen atoms in total. The molecule has 142 valence electrons. The van der Waals surface area contributed by atoms with E-state index in [9.17, 15) is 4.79 Å². The Kier molecular flexibility index (Phi) is 4.22. The monoisotopic (exact) mass is 400 g/mol. The van der Waals surface area contributed by atoms with Crippen LogP contribution in [0.4, 0.5) is 0 Å². The molecular weight excluding hydrogens is 384 g/mol. The van der Waals surface area contributed by atoms with Crippen molar-refractivity contribution in [2.45, 2.75) is 13.3 Å². The minimum absolute atomic E-state index is 0.221. The number of H-pyrrole nitrogens is 1. The highest BCUT2D eigenvalue weighted by Crippen LogP contribution is 2.34. The molecule has 2 aromatic carbocycles. The van der Waals surface area contributed by atoms with Crippen molar-refractivity contribution >= 4 is 40.2 Å². The van der Waals surface area contributed by atoms with Crippen LogP contribution < -0.4 is 16.0 Å². The summed E-state index contributed by atoms with van der Waals surface area (Å²) in [5.41, 5.74) is 3.43. The second kappa shape index (κ2) is 6.90. The topological polar surface area (TPSA) is 58.9 Å². The number of halogens is 1. The van der Waals surface area contributed by atoms with Gasteiger partial charge in [-0.15, -0.1) is 0 Å². The average Bonchev–Trinajstić information content (AvgIpc) is 3.01. The Hall–Kier alpha value is -3.37. The Morgan fingerprint density at radius 3 is 2.66 bits per heavy atom. The molecule has 5 heteroatoms. The van der Waals surface area contributed by atoms with E-state index in [4.69, 9.17) is 16.1 Å². The van der Waals surface area contributed by atoms with Gasteiger partial charge in [0.25, 0.3) is 5.56 Å². The standard InChI is InChI=1S/C24H17ClN2O2/c1-14-11-21(29-27-14)23-22(19-13-18(25)9-10-20(19)26-24(23)28)17-8-4-7-15-5-2-3-6-16(15)12-17/h2-3,5-13H,4H2,1H3,(H,26,28). The normalized spacial score (nSPS) is 13.2. The number of allylic oxidation sites excluding steroid dienone is 2. The fourth-order valence-electron chi connectivity index (χ4n) is 3.82. The summed E-state index contributed by atoms with van der Waals surface area (Å²) >= 11 is 6.32. The highest BCUT2D eigenvalue weighted by Gasteiger charge is 2.20. The molecule has 0 atom stereocenters. The van der Waals surface area contributed by atoms with Gasteiger partial charge in [0.15, 0.2) is 5.76 Å². The number of aromatic amines is 1. The van der Waals surface area contributed by atoms with E-state index >= 15 is 0 Å². The van der Waals surface area contributed by atoms with E-state index in [2.05, 4.69) is 40.5 Å². The van der Waals surface area contributed by atoms with Crippen LogP contribution in [0.3, 0.4) is 0 Å². The molecule has 5 rings (SSSR count). The summed E-state index contributed by atoms with van der Waals surface area (Å²) in [7, 11) is 0. The van der Waals surface area contributed by atoms with Crippen LogP contribution in [-0.4, -0.2) is 10.1 Å². The van der Waals surface area contributed by atoms with Crippen molar-refractivity contribution < 1.29 is 4.52 Å². The van der Waals surface area contributed by atoms with Gasteiger partial charge < -0.3 is 9.51 Å². The molecule has 1 N–H and O–H groups in total. The van der Waals surface area contributed by atoms with Crippen molar-refractivity contribution in [2.24, 2.45) is 0 Å². The molecule has 0 unspecified atom stereocenters. The van der Waals surface area contributed by atoms with Crippen molar-refractivity contribution in [1.29, 1.82) is 0 Å². The lowest BCUT2D eigenvalue weighted by Crippen LogP contribution is -2.23. The molecule has 0 aliphatic heterocycles. The minimum Gasteiger partial charge on any atom is -0.356 e. The Labute approximate surface area is 171 Å². The lowest BCUT2D eigenvalue weighted by atomic mass is 9.93. The SMILES string of the molecule is Cc1cc(-c2c(C3=CCC=c4ccccc4=C3)c3cc(Cl)ccc3[nH]c2=O)on1. The minimum atomic E-state index is -0.221. The molecule has 0 spiro atoms. The number of nitrogens with zero attached hydrogens (tertiary/aromatic N) is 1. The first-order valence-corrected chi connectivity index (χ1v) is 9.75. The molecule has 0 bridgehead atoms. The number of hydrogen-bond acceptors (Lipinski definition) is 3. The largest absolute Gasteiger partial charge is 0.356 e. The van der Waals surface area contributed by atoms with E-state index < -0.39 is 0 Å². The first-order chi connectivity index (χ1) is 14.1. The number of nitrogens with one attached hydrogen (secondary N) is 1.